The number of rotatable bonds is 15. The molecule has 0 radical (unpaired) electrons. The average Bonchev–Trinajstić information content (AvgIpc) is 3.04. The van der Waals surface area contributed by atoms with Gasteiger partial charge in [-0.15, -0.1) is 0 Å². The smallest absolute Gasteiger partial charge is 0.534 e. The average molecular weight is 865 g/mol. The number of allylic oxidation sites excluding steroid dienone is 6. The van der Waals surface area contributed by atoms with Gasteiger partial charge in [0.05, 0.1) is 0 Å². The Kier molecular flexibility index (Phi) is 16.7. The lowest BCUT2D eigenvalue weighted by Crippen LogP contribution is -2.33. The van der Waals surface area contributed by atoms with Crippen molar-refractivity contribution in [1.82, 2.24) is 0 Å². The van der Waals surface area contributed by atoms with E-state index < -0.39 is 38.0 Å². The van der Waals surface area contributed by atoms with Crippen molar-refractivity contribution in [3.8, 4) is 28.7 Å². The Labute approximate surface area is 348 Å². The van der Waals surface area contributed by atoms with Crippen LogP contribution in [0.25, 0.3) is 0 Å². The van der Waals surface area contributed by atoms with Crippen LogP contribution in [0.1, 0.15) is 115 Å². The van der Waals surface area contributed by atoms with Gasteiger partial charge in [-0.3, -0.25) is 0 Å². The summed E-state index contributed by atoms with van der Waals surface area (Å²) in [5.41, 5.74) is 1.42. The van der Waals surface area contributed by atoms with Crippen LogP contribution in [-0.2, 0) is 16.5 Å². The second-order valence-corrected chi connectivity index (χ2v) is 28.6. The van der Waals surface area contributed by atoms with Gasteiger partial charge in [-0.25, -0.2) is 0 Å². The van der Waals surface area contributed by atoms with E-state index in [0.29, 0.717) is 11.1 Å². The van der Waals surface area contributed by atoms with Gasteiger partial charge in [0.25, 0.3) is 0 Å². The lowest BCUT2D eigenvalue weighted by Gasteiger charge is -2.35. The van der Waals surface area contributed by atoms with E-state index in [4.69, 9.17) is 8.85 Å². The van der Waals surface area contributed by atoms with Crippen LogP contribution in [0.15, 0.2) is 71.9 Å². The molecule has 0 aromatic heterocycles. The molecule has 0 spiro atoms. The SMILES string of the molecule is C=C(C)[C@@H]1CCC(C)=C[C@H]1c1c(O)cc(CCCCCC)cc1O.C=C(C)[C@@H]1CCC(C)=C[C@H]1c1c(O[Si](C)(C)C)cc(OS(=O)(=O)C(F)(F)F)cc1O[Si](C)(C)C. The van der Waals surface area contributed by atoms with Crippen LogP contribution in [0, 0.1) is 11.8 Å². The van der Waals surface area contributed by atoms with Crippen molar-refractivity contribution in [3.63, 3.8) is 0 Å². The molecule has 0 heterocycles. The zero-order valence-electron chi connectivity index (χ0n) is 36.5. The van der Waals surface area contributed by atoms with Crippen molar-refractivity contribution in [3.05, 3.63) is 88.6 Å². The molecule has 0 saturated carbocycles. The number of unbranched alkanes of at least 4 members (excludes halogenated alkanes) is 3. The van der Waals surface area contributed by atoms with Crippen LogP contribution in [0.2, 0.25) is 39.3 Å². The predicted molar refractivity (Wildman–Crippen MR) is 236 cm³/mol. The molecule has 2 N–H and O–H groups in total. The number of halogens is 3. The van der Waals surface area contributed by atoms with E-state index in [9.17, 15) is 31.8 Å². The van der Waals surface area contributed by atoms with E-state index in [1.54, 1.807) is 0 Å². The van der Waals surface area contributed by atoms with Gasteiger partial charge >= 0.3 is 15.6 Å². The summed E-state index contributed by atoms with van der Waals surface area (Å²) in [6.07, 6.45) is 13.8. The molecule has 2 aromatic rings. The first-order chi connectivity index (χ1) is 26.6. The van der Waals surface area contributed by atoms with Gasteiger partial charge < -0.3 is 23.2 Å². The zero-order valence-corrected chi connectivity index (χ0v) is 39.3. The molecule has 0 unspecified atom stereocenters. The molecular formula is C45H67F3O7SSi2. The number of alkyl halides is 3. The maximum atomic E-state index is 13.0. The van der Waals surface area contributed by atoms with E-state index in [0.717, 1.165) is 55.2 Å². The van der Waals surface area contributed by atoms with Crippen LogP contribution < -0.4 is 13.0 Å². The lowest BCUT2D eigenvalue weighted by atomic mass is 9.73. The molecule has 7 nitrogen and oxygen atoms in total. The van der Waals surface area contributed by atoms with Gasteiger partial charge in [0, 0.05) is 35.1 Å². The molecule has 2 aliphatic carbocycles. The van der Waals surface area contributed by atoms with Gasteiger partial charge in [-0.2, -0.15) is 21.6 Å². The molecule has 324 valence electrons. The standard InChI is InChI=1S/C23H35F3O5SSi2.C22H32O2/c1-15(2)18-11-10-16(3)12-19(18)22-20(30-33(4,5)6)13-17(14-21(22)31-34(7,8)9)29-32(27,28)23(24,25)26;1-5-6-7-8-9-17-13-20(23)22(21(24)14-17)19-12-16(4)10-11-18(19)15(2)3/h12-14,18-19H,1,10-11H2,2-9H3;12-14,18-19,23-24H,2,5-11H2,1,3-4H3/t2*18-,19+/m00/s1. The first-order valence-corrected chi connectivity index (χ1v) is 28.6. The third kappa shape index (κ3) is 13.8. The van der Waals surface area contributed by atoms with Crippen LogP contribution in [0.4, 0.5) is 13.2 Å². The summed E-state index contributed by atoms with van der Waals surface area (Å²) in [6, 6.07) is 6.16. The predicted octanol–water partition coefficient (Wildman–Crippen LogP) is 13.6. The van der Waals surface area contributed by atoms with E-state index >= 15 is 0 Å². The number of aryl methyl sites for hydroxylation is 1. The highest BCUT2D eigenvalue weighted by atomic mass is 32.2. The minimum atomic E-state index is -5.86. The van der Waals surface area contributed by atoms with Gasteiger partial charge in [0.2, 0.25) is 16.6 Å². The van der Waals surface area contributed by atoms with Crippen LogP contribution >= 0.6 is 0 Å². The molecular weight excluding hydrogens is 798 g/mol. The highest BCUT2D eigenvalue weighted by molar-refractivity contribution is 7.88. The number of aromatic hydroxyl groups is 2. The fraction of sp³-hybridized carbons (Fsp3) is 0.556. The first-order valence-electron chi connectivity index (χ1n) is 20.4. The molecule has 0 aliphatic heterocycles. The molecule has 0 amide bonds. The number of phenols is 2. The van der Waals surface area contributed by atoms with Crippen molar-refractivity contribution in [1.29, 1.82) is 0 Å². The summed E-state index contributed by atoms with van der Waals surface area (Å²) in [5.74, 6) is 0.705. The van der Waals surface area contributed by atoms with Crippen molar-refractivity contribution in [2.75, 3.05) is 0 Å². The number of hydrogen-bond acceptors (Lipinski definition) is 7. The van der Waals surface area contributed by atoms with Crippen molar-refractivity contribution in [2.24, 2.45) is 11.8 Å². The summed E-state index contributed by atoms with van der Waals surface area (Å²) in [5, 5.41) is 21.2. The molecule has 2 aromatic carbocycles. The molecule has 58 heavy (non-hydrogen) atoms. The zero-order chi connectivity index (χ0) is 44.0. The Hall–Kier alpha value is -3.43. The lowest BCUT2D eigenvalue weighted by molar-refractivity contribution is -0.0500. The normalized spacial score (nSPS) is 20.2. The van der Waals surface area contributed by atoms with Gasteiger partial charge in [0.1, 0.15) is 28.7 Å². The number of hydrogen-bond donors (Lipinski definition) is 2. The van der Waals surface area contributed by atoms with Gasteiger partial charge in [0.15, 0.2) is 0 Å². The second kappa shape index (κ2) is 19.8. The van der Waals surface area contributed by atoms with Crippen LogP contribution in [0.5, 0.6) is 28.7 Å². The number of phenolic OH excluding ortho intramolecular Hbond substituents is 2. The summed E-state index contributed by atoms with van der Waals surface area (Å²) < 4.78 is 79.7. The van der Waals surface area contributed by atoms with Gasteiger partial charge in [-0.1, -0.05) is 73.8 Å². The Morgan fingerprint density at radius 1 is 0.759 bits per heavy atom. The largest absolute Gasteiger partial charge is 0.544 e. The minimum Gasteiger partial charge on any atom is -0.544 e. The molecule has 2 aliphatic rings. The van der Waals surface area contributed by atoms with Crippen molar-refractivity contribution < 1.29 is 44.8 Å². The van der Waals surface area contributed by atoms with Crippen LogP contribution in [0.3, 0.4) is 0 Å². The third-order valence-electron chi connectivity index (χ3n) is 10.3. The second-order valence-electron chi connectivity index (χ2n) is 18.2. The summed E-state index contributed by atoms with van der Waals surface area (Å²) in [6.45, 7) is 30.3. The van der Waals surface area contributed by atoms with E-state index in [-0.39, 0.29) is 46.7 Å². The number of benzene rings is 2. The fourth-order valence-corrected chi connectivity index (χ4v) is 9.79. The molecule has 13 heteroatoms. The van der Waals surface area contributed by atoms with Crippen LogP contribution in [-0.4, -0.2) is 40.8 Å². The first kappa shape index (κ1) is 48.9. The third-order valence-corrected chi connectivity index (χ3v) is 13.0. The highest BCUT2D eigenvalue weighted by Crippen LogP contribution is 2.50. The summed E-state index contributed by atoms with van der Waals surface area (Å²) in [7, 11) is -10.4. The monoisotopic (exact) mass is 864 g/mol. The van der Waals surface area contributed by atoms with E-state index in [2.05, 4.69) is 43.3 Å². The quantitative estimate of drug-likeness (QED) is 0.0604. The fourth-order valence-electron chi connectivity index (χ4n) is 7.69. The molecule has 0 fully saturated rings. The summed E-state index contributed by atoms with van der Waals surface area (Å²) >= 11 is 0. The molecule has 0 bridgehead atoms. The minimum absolute atomic E-state index is 0.0189. The maximum absolute atomic E-state index is 13.0. The Morgan fingerprint density at radius 2 is 1.19 bits per heavy atom. The van der Waals surface area contributed by atoms with Crippen molar-refractivity contribution >= 4 is 26.8 Å². The molecule has 4 atom stereocenters. The van der Waals surface area contributed by atoms with Crippen molar-refractivity contribution in [2.45, 2.75) is 149 Å². The van der Waals surface area contributed by atoms with E-state index in [1.165, 1.54) is 42.5 Å². The highest BCUT2D eigenvalue weighted by Gasteiger charge is 2.49. The van der Waals surface area contributed by atoms with E-state index in [1.807, 2.05) is 72.2 Å². The molecule has 0 saturated heterocycles. The van der Waals surface area contributed by atoms with Gasteiger partial charge in [-0.05, 0) is 135 Å². The topological polar surface area (TPSA) is 102 Å². The Bertz CT molecular complexity index is 1900. The molecule has 4 rings (SSSR count). The Balaban J connectivity index is 0.000000329. The maximum Gasteiger partial charge on any atom is 0.534 e. The Morgan fingerprint density at radius 3 is 1.57 bits per heavy atom. The summed E-state index contributed by atoms with van der Waals surface area (Å²) in [4.78, 5) is 0.